The normalized spacial score (nSPS) is 25.7. The largest absolute Gasteiger partial charge is 0.380 e. The summed E-state index contributed by atoms with van der Waals surface area (Å²) in [7, 11) is 3.59. The van der Waals surface area contributed by atoms with Crippen LogP contribution in [0.15, 0.2) is 6.33 Å². The van der Waals surface area contributed by atoms with Gasteiger partial charge in [-0.3, -0.25) is 0 Å². The van der Waals surface area contributed by atoms with Gasteiger partial charge in [-0.15, -0.1) is 0 Å². The van der Waals surface area contributed by atoms with Crippen molar-refractivity contribution in [3.05, 3.63) is 11.9 Å². The highest BCUT2D eigenvalue weighted by atomic mass is 16.5. The SMILES string of the molecule is COC1CCCN(c2ncnc(N3CCCC(OC)C3)c2C)C1. The quantitative estimate of drug-likeness (QED) is 0.846. The predicted octanol–water partition coefficient (Wildman–Crippen LogP) is 2.02. The second-order valence-corrected chi connectivity index (χ2v) is 6.54. The number of methoxy groups -OCH3 is 2. The monoisotopic (exact) mass is 320 g/mol. The lowest BCUT2D eigenvalue weighted by atomic mass is 10.1. The number of aromatic nitrogens is 2. The molecule has 0 aromatic carbocycles. The van der Waals surface area contributed by atoms with Crippen molar-refractivity contribution in [1.29, 1.82) is 0 Å². The van der Waals surface area contributed by atoms with Gasteiger partial charge in [0.15, 0.2) is 0 Å². The van der Waals surface area contributed by atoms with Gasteiger partial charge in [-0.25, -0.2) is 9.97 Å². The molecule has 3 rings (SSSR count). The van der Waals surface area contributed by atoms with Gasteiger partial charge in [0.05, 0.1) is 12.2 Å². The maximum atomic E-state index is 5.55. The Bertz CT molecular complexity index is 483. The zero-order valence-corrected chi connectivity index (χ0v) is 14.5. The number of nitrogens with zero attached hydrogens (tertiary/aromatic N) is 4. The molecule has 0 spiro atoms. The summed E-state index contributed by atoms with van der Waals surface area (Å²) < 4.78 is 11.1. The number of hydrogen-bond donors (Lipinski definition) is 0. The van der Waals surface area contributed by atoms with E-state index in [-0.39, 0.29) is 0 Å². The molecule has 2 saturated heterocycles. The molecular formula is C17H28N4O2. The average Bonchev–Trinajstić information content (AvgIpc) is 2.62. The Labute approximate surface area is 138 Å². The molecule has 0 saturated carbocycles. The smallest absolute Gasteiger partial charge is 0.137 e. The summed E-state index contributed by atoms with van der Waals surface area (Å²) in [5.74, 6) is 2.10. The molecule has 2 aliphatic rings. The number of hydrogen-bond acceptors (Lipinski definition) is 6. The van der Waals surface area contributed by atoms with Gasteiger partial charge in [0.2, 0.25) is 0 Å². The highest BCUT2D eigenvalue weighted by Crippen LogP contribution is 2.29. The number of ether oxygens (including phenoxy) is 2. The van der Waals surface area contributed by atoms with E-state index in [1.807, 2.05) is 0 Å². The first-order chi connectivity index (χ1) is 11.2. The summed E-state index contributed by atoms with van der Waals surface area (Å²) in [6.45, 7) is 6.04. The molecule has 3 heterocycles. The predicted molar refractivity (Wildman–Crippen MR) is 91.3 cm³/mol. The van der Waals surface area contributed by atoms with Gasteiger partial charge >= 0.3 is 0 Å². The fraction of sp³-hybridized carbons (Fsp3) is 0.765. The Kier molecular flexibility index (Phi) is 5.33. The molecule has 1 aromatic heterocycles. The zero-order chi connectivity index (χ0) is 16.2. The van der Waals surface area contributed by atoms with Crippen LogP contribution in [0.25, 0.3) is 0 Å². The Morgan fingerprint density at radius 1 is 0.913 bits per heavy atom. The minimum absolute atomic E-state index is 0.300. The summed E-state index contributed by atoms with van der Waals surface area (Å²) in [5, 5.41) is 0. The maximum Gasteiger partial charge on any atom is 0.137 e. The Hall–Kier alpha value is -1.40. The van der Waals surface area contributed by atoms with Crippen LogP contribution in [0.1, 0.15) is 31.2 Å². The van der Waals surface area contributed by atoms with E-state index < -0.39 is 0 Å². The van der Waals surface area contributed by atoms with Gasteiger partial charge < -0.3 is 19.3 Å². The lowest BCUT2D eigenvalue weighted by molar-refractivity contribution is 0.0888. The van der Waals surface area contributed by atoms with Crippen molar-refractivity contribution in [1.82, 2.24) is 9.97 Å². The molecule has 0 amide bonds. The van der Waals surface area contributed by atoms with Crippen molar-refractivity contribution >= 4 is 11.6 Å². The van der Waals surface area contributed by atoms with Crippen LogP contribution in [0.4, 0.5) is 11.6 Å². The summed E-state index contributed by atoms with van der Waals surface area (Å²) in [6, 6.07) is 0. The highest BCUT2D eigenvalue weighted by Gasteiger charge is 2.26. The average molecular weight is 320 g/mol. The standard InChI is InChI=1S/C17H28N4O2/c1-13-16(20-8-4-6-14(10-20)22-2)18-12-19-17(13)21-9-5-7-15(11-21)23-3/h12,14-15H,4-11H2,1-3H3. The summed E-state index contributed by atoms with van der Waals surface area (Å²) in [4.78, 5) is 13.8. The van der Waals surface area contributed by atoms with Crippen LogP contribution in [-0.4, -0.2) is 62.6 Å². The van der Waals surface area contributed by atoms with E-state index in [1.165, 1.54) is 5.56 Å². The van der Waals surface area contributed by atoms with Crippen molar-refractivity contribution in [3.8, 4) is 0 Å². The van der Waals surface area contributed by atoms with Crippen molar-refractivity contribution in [3.63, 3.8) is 0 Å². The molecule has 2 unspecified atom stereocenters. The van der Waals surface area contributed by atoms with Gasteiger partial charge in [0.1, 0.15) is 18.0 Å². The molecular weight excluding hydrogens is 292 g/mol. The number of piperidine rings is 2. The van der Waals surface area contributed by atoms with E-state index in [0.29, 0.717) is 12.2 Å². The van der Waals surface area contributed by atoms with Crippen LogP contribution in [0.5, 0.6) is 0 Å². The van der Waals surface area contributed by atoms with Gasteiger partial charge in [0, 0.05) is 46.0 Å². The van der Waals surface area contributed by atoms with E-state index in [9.17, 15) is 0 Å². The molecule has 6 nitrogen and oxygen atoms in total. The van der Waals surface area contributed by atoms with Crippen LogP contribution >= 0.6 is 0 Å². The summed E-state index contributed by atoms with van der Waals surface area (Å²) in [6.07, 6.45) is 6.85. The van der Waals surface area contributed by atoms with Crippen LogP contribution in [0.2, 0.25) is 0 Å². The molecule has 2 fully saturated rings. The first kappa shape index (κ1) is 16.5. The number of rotatable bonds is 4. The second-order valence-electron chi connectivity index (χ2n) is 6.54. The maximum absolute atomic E-state index is 5.55. The molecule has 128 valence electrons. The van der Waals surface area contributed by atoms with Crippen molar-refractivity contribution in [2.24, 2.45) is 0 Å². The Balaban J connectivity index is 1.80. The first-order valence-corrected chi connectivity index (χ1v) is 8.60. The molecule has 2 aliphatic heterocycles. The van der Waals surface area contributed by atoms with Crippen LogP contribution < -0.4 is 9.80 Å². The molecule has 6 heteroatoms. The number of anilines is 2. The summed E-state index contributed by atoms with van der Waals surface area (Å²) >= 11 is 0. The minimum Gasteiger partial charge on any atom is -0.380 e. The Morgan fingerprint density at radius 3 is 1.83 bits per heavy atom. The van der Waals surface area contributed by atoms with Crippen LogP contribution in [0.3, 0.4) is 0 Å². The second kappa shape index (κ2) is 7.45. The zero-order valence-electron chi connectivity index (χ0n) is 14.5. The lowest BCUT2D eigenvalue weighted by Crippen LogP contribution is -2.42. The van der Waals surface area contributed by atoms with Crippen molar-refractivity contribution < 1.29 is 9.47 Å². The van der Waals surface area contributed by atoms with Crippen molar-refractivity contribution in [2.75, 3.05) is 50.2 Å². The van der Waals surface area contributed by atoms with E-state index in [4.69, 9.17) is 9.47 Å². The van der Waals surface area contributed by atoms with Gasteiger partial charge in [-0.1, -0.05) is 0 Å². The topological polar surface area (TPSA) is 50.7 Å². The van der Waals surface area contributed by atoms with Gasteiger partial charge in [-0.05, 0) is 32.6 Å². The minimum atomic E-state index is 0.300. The van der Waals surface area contributed by atoms with E-state index >= 15 is 0 Å². The van der Waals surface area contributed by atoms with E-state index in [2.05, 4.69) is 26.7 Å². The molecule has 0 N–H and O–H groups in total. The Morgan fingerprint density at radius 2 is 1.39 bits per heavy atom. The molecule has 2 atom stereocenters. The summed E-state index contributed by atoms with van der Waals surface area (Å²) in [5.41, 5.74) is 1.17. The van der Waals surface area contributed by atoms with Crippen LogP contribution in [0, 0.1) is 6.92 Å². The van der Waals surface area contributed by atoms with Crippen LogP contribution in [-0.2, 0) is 9.47 Å². The third-order valence-electron chi connectivity index (χ3n) is 5.05. The van der Waals surface area contributed by atoms with Gasteiger partial charge in [0.25, 0.3) is 0 Å². The molecule has 1 aromatic rings. The molecule has 0 bridgehead atoms. The third kappa shape index (κ3) is 3.58. The fourth-order valence-corrected chi connectivity index (χ4v) is 3.72. The fourth-order valence-electron chi connectivity index (χ4n) is 3.72. The van der Waals surface area contributed by atoms with Gasteiger partial charge in [-0.2, -0.15) is 0 Å². The molecule has 23 heavy (non-hydrogen) atoms. The lowest BCUT2D eigenvalue weighted by Gasteiger charge is -2.36. The van der Waals surface area contributed by atoms with E-state index in [1.54, 1.807) is 20.5 Å². The highest BCUT2D eigenvalue weighted by molar-refractivity contribution is 5.59. The first-order valence-electron chi connectivity index (χ1n) is 8.60. The van der Waals surface area contributed by atoms with Crippen molar-refractivity contribution in [2.45, 2.75) is 44.8 Å². The molecule has 0 aliphatic carbocycles. The molecule has 0 radical (unpaired) electrons. The van der Waals surface area contributed by atoms with E-state index in [0.717, 1.165) is 63.5 Å². The third-order valence-corrected chi connectivity index (χ3v) is 5.05.